The lowest BCUT2D eigenvalue weighted by atomic mass is 9.91. The second-order valence-corrected chi connectivity index (χ2v) is 8.22. The number of nitrogens with zero attached hydrogens (tertiary/aromatic N) is 3. The highest BCUT2D eigenvalue weighted by Crippen LogP contribution is 2.26. The van der Waals surface area contributed by atoms with E-state index in [0.29, 0.717) is 16.2 Å². The minimum atomic E-state index is -2.61. The van der Waals surface area contributed by atoms with E-state index in [1.54, 1.807) is 40.8 Å². The molecule has 0 aliphatic heterocycles. The maximum atomic E-state index is 13.0. The molecule has 0 atom stereocenters. The van der Waals surface area contributed by atoms with Crippen LogP contribution in [0.5, 0.6) is 0 Å². The molecule has 156 valence electrons. The first-order chi connectivity index (χ1) is 14.4. The maximum absolute atomic E-state index is 13.0. The number of carbonyl (C=O) groups excluding carboxylic acids is 1. The van der Waals surface area contributed by atoms with Crippen molar-refractivity contribution in [1.29, 1.82) is 0 Å². The number of halogens is 3. The van der Waals surface area contributed by atoms with Gasteiger partial charge in [0, 0.05) is 30.1 Å². The summed E-state index contributed by atoms with van der Waals surface area (Å²) in [6.45, 7) is 0. The van der Waals surface area contributed by atoms with Crippen LogP contribution in [0.3, 0.4) is 0 Å². The minimum absolute atomic E-state index is 0.0179. The summed E-state index contributed by atoms with van der Waals surface area (Å²) >= 11 is 11.3. The number of hydrogen-bond acceptors (Lipinski definition) is 4. The molecular weight excluding hydrogens is 430 g/mol. The first-order valence-electron chi connectivity index (χ1n) is 9.71. The third-order valence-electron chi connectivity index (χ3n) is 5.41. The Morgan fingerprint density at radius 3 is 2.53 bits per heavy atom. The molecule has 4 rings (SSSR count). The van der Waals surface area contributed by atoms with Crippen LogP contribution < -0.4 is 5.32 Å². The molecule has 30 heavy (non-hydrogen) atoms. The molecule has 0 spiro atoms. The molecule has 1 aromatic carbocycles. The number of pyridine rings is 1. The van der Waals surface area contributed by atoms with E-state index in [9.17, 15) is 13.6 Å². The Hall–Kier alpha value is -2.45. The number of aromatic nitrogens is 2. The molecule has 1 aliphatic carbocycles. The highest BCUT2D eigenvalue weighted by Gasteiger charge is 2.34. The highest BCUT2D eigenvalue weighted by molar-refractivity contribution is 7.44. The Balaban J connectivity index is 1.39. The van der Waals surface area contributed by atoms with Gasteiger partial charge in [0.1, 0.15) is 17.2 Å². The van der Waals surface area contributed by atoms with Crippen molar-refractivity contribution in [3.05, 3.63) is 64.9 Å². The van der Waals surface area contributed by atoms with Crippen molar-refractivity contribution in [3.63, 3.8) is 0 Å². The summed E-state index contributed by atoms with van der Waals surface area (Å²) in [6.07, 6.45) is 1.93. The van der Waals surface area contributed by atoms with Crippen molar-refractivity contribution in [2.75, 3.05) is 5.32 Å². The van der Waals surface area contributed by atoms with E-state index in [1.807, 2.05) is 6.07 Å². The molecule has 1 fully saturated rings. The van der Waals surface area contributed by atoms with E-state index in [2.05, 4.69) is 10.3 Å². The SMILES string of the molecule is O=C(c1ccc(Cl)cc1)[N+](=S)C1CCC(Nc2cccc3nc(C(F)F)cn23)CC1. The van der Waals surface area contributed by atoms with Crippen LogP contribution in [0.15, 0.2) is 48.7 Å². The fourth-order valence-corrected chi connectivity index (χ4v) is 4.24. The van der Waals surface area contributed by atoms with Gasteiger partial charge in [0.25, 0.3) is 18.9 Å². The molecule has 1 N–H and O–H groups in total. The lowest BCUT2D eigenvalue weighted by molar-refractivity contribution is -0.448. The topological polar surface area (TPSA) is 49.4 Å². The summed E-state index contributed by atoms with van der Waals surface area (Å²) in [7, 11) is 0. The van der Waals surface area contributed by atoms with E-state index in [1.165, 1.54) is 10.1 Å². The number of amides is 1. The van der Waals surface area contributed by atoms with Crippen molar-refractivity contribution in [1.82, 2.24) is 9.38 Å². The Bertz CT molecular complexity index is 1080. The molecular formula is C21H20ClF2N4OS+. The summed E-state index contributed by atoms with van der Waals surface area (Å²) in [5.41, 5.74) is 0.765. The standard InChI is InChI=1S/C21H20ClF2N4OS/c22-14-6-4-13(5-7-14)21(29)28(30)16-10-8-15(9-11-16)25-18-2-1-3-19-26-17(20(23)24)12-27(18)19/h1-7,12,15-16,20,25H,8-11H2/q+1. The van der Waals surface area contributed by atoms with Crippen molar-refractivity contribution >= 4 is 41.4 Å². The maximum Gasteiger partial charge on any atom is 0.433 e. The molecule has 0 bridgehead atoms. The Morgan fingerprint density at radius 1 is 1.17 bits per heavy atom. The van der Waals surface area contributed by atoms with Gasteiger partial charge in [-0.05, 0) is 49.2 Å². The first-order valence-corrected chi connectivity index (χ1v) is 10.5. The molecule has 2 heterocycles. The van der Waals surface area contributed by atoms with Crippen LogP contribution in [0.25, 0.3) is 5.65 Å². The number of carbonyl (C=O) groups is 1. The van der Waals surface area contributed by atoms with Crippen molar-refractivity contribution in [3.8, 4) is 0 Å². The second kappa shape index (κ2) is 8.73. The molecule has 1 amide bonds. The van der Waals surface area contributed by atoms with E-state index >= 15 is 0 Å². The fourth-order valence-electron chi connectivity index (χ4n) is 3.80. The molecule has 5 nitrogen and oxygen atoms in total. The first kappa shape index (κ1) is 20.8. The fraction of sp³-hybridized carbons (Fsp3) is 0.333. The molecule has 9 heteroatoms. The predicted octanol–water partition coefficient (Wildman–Crippen LogP) is 5.23. The largest absolute Gasteiger partial charge is 0.433 e. The second-order valence-electron chi connectivity index (χ2n) is 7.39. The predicted molar refractivity (Wildman–Crippen MR) is 113 cm³/mol. The van der Waals surface area contributed by atoms with Crippen LogP contribution in [-0.4, -0.2) is 31.3 Å². The zero-order valence-electron chi connectivity index (χ0n) is 16.0. The normalized spacial score (nSPS) is 19.2. The monoisotopic (exact) mass is 449 g/mol. The smallest absolute Gasteiger partial charge is 0.368 e. The van der Waals surface area contributed by atoms with Crippen LogP contribution in [0.2, 0.25) is 5.02 Å². The van der Waals surface area contributed by atoms with Gasteiger partial charge in [0.15, 0.2) is 6.04 Å². The summed E-state index contributed by atoms with van der Waals surface area (Å²) in [6, 6.07) is 12.2. The van der Waals surface area contributed by atoms with Gasteiger partial charge in [-0.1, -0.05) is 21.6 Å². The molecule has 3 aromatic rings. The third-order valence-corrected chi connectivity index (χ3v) is 6.12. The number of anilines is 1. The van der Waals surface area contributed by atoms with Crippen molar-refractivity contribution < 1.29 is 17.5 Å². The number of fused-ring (bicyclic) bond motifs is 1. The van der Waals surface area contributed by atoms with Gasteiger partial charge < -0.3 is 5.32 Å². The molecule has 2 aromatic heterocycles. The minimum Gasteiger partial charge on any atom is -0.368 e. The van der Waals surface area contributed by atoms with Gasteiger partial charge in [0.2, 0.25) is 0 Å². The lowest BCUT2D eigenvalue weighted by Gasteiger charge is -2.26. The summed E-state index contributed by atoms with van der Waals surface area (Å²) in [5.74, 6) is 0.531. The number of benzene rings is 1. The zero-order chi connectivity index (χ0) is 21.3. The summed E-state index contributed by atoms with van der Waals surface area (Å²) in [4.78, 5) is 16.6. The number of hydrogen-bond donors (Lipinski definition) is 1. The molecule has 0 saturated heterocycles. The Morgan fingerprint density at radius 2 is 1.87 bits per heavy atom. The van der Waals surface area contributed by atoms with E-state index < -0.39 is 6.43 Å². The average molecular weight is 450 g/mol. The molecule has 1 aliphatic rings. The van der Waals surface area contributed by atoms with E-state index in [0.717, 1.165) is 31.5 Å². The summed E-state index contributed by atoms with van der Waals surface area (Å²) < 4.78 is 29.0. The average Bonchev–Trinajstić information content (AvgIpc) is 3.20. The van der Waals surface area contributed by atoms with E-state index in [-0.39, 0.29) is 23.7 Å². The van der Waals surface area contributed by atoms with Crippen LogP contribution >= 0.6 is 11.6 Å². The van der Waals surface area contributed by atoms with Crippen LogP contribution in [0.1, 0.15) is 48.2 Å². The number of imidazole rings is 1. The molecule has 0 unspecified atom stereocenters. The molecule has 1 saturated carbocycles. The van der Waals surface area contributed by atoms with Gasteiger partial charge in [-0.2, -0.15) is 0 Å². The third kappa shape index (κ3) is 4.34. The van der Waals surface area contributed by atoms with Gasteiger partial charge in [0.05, 0.1) is 5.56 Å². The highest BCUT2D eigenvalue weighted by atomic mass is 35.5. The zero-order valence-corrected chi connectivity index (χ0v) is 17.5. The summed E-state index contributed by atoms with van der Waals surface area (Å²) in [5, 5.41) is 4.00. The van der Waals surface area contributed by atoms with Gasteiger partial charge in [-0.25, -0.2) is 18.6 Å². The Kier molecular flexibility index (Phi) is 6.06. The lowest BCUT2D eigenvalue weighted by Crippen LogP contribution is -2.37. The van der Waals surface area contributed by atoms with Gasteiger partial charge in [-0.3, -0.25) is 4.40 Å². The van der Waals surface area contributed by atoms with Crippen LogP contribution in [0, 0.1) is 0 Å². The van der Waals surface area contributed by atoms with Gasteiger partial charge in [-0.15, -0.1) is 0 Å². The number of rotatable bonds is 5. The number of alkyl halides is 2. The number of nitrogens with one attached hydrogen (secondary N) is 1. The van der Waals surface area contributed by atoms with Gasteiger partial charge >= 0.3 is 5.91 Å². The van der Waals surface area contributed by atoms with Crippen molar-refractivity contribution in [2.24, 2.45) is 0 Å². The van der Waals surface area contributed by atoms with Crippen LogP contribution in [-0.2, 0) is 12.4 Å². The molecule has 0 radical (unpaired) electrons. The van der Waals surface area contributed by atoms with Crippen LogP contribution in [0.4, 0.5) is 14.6 Å². The Labute approximate surface area is 182 Å². The van der Waals surface area contributed by atoms with Crippen molar-refractivity contribution in [2.45, 2.75) is 44.2 Å². The van der Waals surface area contributed by atoms with E-state index in [4.69, 9.17) is 24.0 Å². The quantitative estimate of drug-likeness (QED) is 0.542.